The van der Waals surface area contributed by atoms with Crippen molar-refractivity contribution in [3.63, 3.8) is 0 Å². The number of aromatic hydroxyl groups is 1. The summed E-state index contributed by atoms with van der Waals surface area (Å²) in [5.41, 5.74) is 12.2. The zero-order valence-electron chi connectivity index (χ0n) is 32.9. The van der Waals surface area contributed by atoms with E-state index in [1.54, 1.807) is 25.4 Å². The number of anilines is 1. The molecule has 0 radical (unpaired) electrons. The van der Waals surface area contributed by atoms with E-state index in [-0.39, 0.29) is 23.3 Å². The third-order valence-electron chi connectivity index (χ3n) is 11.1. The molecule has 0 atom stereocenters. The van der Waals surface area contributed by atoms with E-state index in [9.17, 15) is 19.8 Å². The highest BCUT2D eigenvalue weighted by molar-refractivity contribution is 6.10. The lowest BCUT2D eigenvalue weighted by atomic mass is 9.81. The highest BCUT2D eigenvalue weighted by atomic mass is 16.4. The Balaban J connectivity index is 1.37. The van der Waals surface area contributed by atoms with Crippen molar-refractivity contribution >= 4 is 22.6 Å². The van der Waals surface area contributed by atoms with E-state index in [1.807, 2.05) is 89.2 Å². The molecule has 0 fully saturated rings. The molecule has 284 valence electrons. The summed E-state index contributed by atoms with van der Waals surface area (Å²) in [6, 6.07) is 23.2. The number of rotatable bonds is 11. The molecule has 1 aliphatic heterocycles. The van der Waals surface area contributed by atoms with Gasteiger partial charge in [0.1, 0.15) is 17.1 Å². The molecule has 3 aromatic carbocycles. The van der Waals surface area contributed by atoms with Gasteiger partial charge in [-0.3, -0.25) is 19.7 Å². The van der Waals surface area contributed by atoms with Gasteiger partial charge in [-0.2, -0.15) is 0 Å². The fourth-order valence-electron chi connectivity index (χ4n) is 7.75. The second-order valence-electron chi connectivity index (χ2n) is 14.8. The van der Waals surface area contributed by atoms with Crippen molar-refractivity contribution in [2.45, 2.75) is 74.6 Å². The molecule has 3 heterocycles. The molecule has 56 heavy (non-hydrogen) atoms. The van der Waals surface area contributed by atoms with E-state index >= 15 is 0 Å². The van der Waals surface area contributed by atoms with Crippen LogP contribution in [0.2, 0.25) is 0 Å². The highest BCUT2D eigenvalue weighted by Gasteiger charge is 2.29. The molecule has 0 unspecified atom stereocenters. The van der Waals surface area contributed by atoms with Crippen LogP contribution in [0.15, 0.2) is 94.4 Å². The molecule has 7 rings (SSSR count). The second kappa shape index (κ2) is 15.4. The standard InChI is InChI=1S/C47H46N4O5/c1-26-14-15-39(33(18-26)23-51(24-34-12-8-10-16-48-34)25-35-13-9-11-17-49-35)50-22-38-45(53)28(3)20-37-44(36-19-27(2)40(52)21-41(36)56-46(37)38)42-31(6)29(4)30(5)32(7)43(42)47(54)55/h8-21,50,53H,22-25H2,1-7H3,(H,54,55). The van der Waals surface area contributed by atoms with E-state index in [0.29, 0.717) is 75.3 Å². The highest BCUT2D eigenvalue weighted by Crippen LogP contribution is 2.47. The molecular weight excluding hydrogens is 701 g/mol. The number of nitrogens with one attached hydrogen (secondary N) is 1. The smallest absolute Gasteiger partial charge is 0.336 e. The summed E-state index contributed by atoms with van der Waals surface area (Å²) in [6.07, 6.45) is 3.60. The molecule has 2 aromatic heterocycles. The Morgan fingerprint density at radius 3 is 2.04 bits per heavy atom. The predicted molar refractivity (Wildman–Crippen MR) is 222 cm³/mol. The van der Waals surface area contributed by atoms with Gasteiger partial charge in [0, 0.05) is 72.4 Å². The first-order chi connectivity index (χ1) is 26.8. The first-order valence-corrected chi connectivity index (χ1v) is 18.7. The number of benzene rings is 4. The lowest BCUT2D eigenvalue weighted by Crippen LogP contribution is -2.24. The normalized spacial score (nSPS) is 11.5. The van der Waals surface area contributed by atoms with Crippen LogP contribution in [0.5, 0.6) is 5.75 Å². The van der Waals surface area contributed by atoms with Crippen molar-refractivity contribution in [1.82, 2.24) is 14.9 Å². The summed E-state index contributed by atoms with van der Waals surface area (Å²) in [7, 11) is 0. The van der Waals surface area contributed by atoms with Crippen molar-refractivity contribution < 1.29 is 19.4 Å². The predicted octanol–water partition coefficient (Wildman–Crippen LogP) is 9.73. The van der Waals surface area contributed by atoms with E-state index < -0.39 is 5.97 Å². The molecule has 0 amide bonds. The number of hydrogen-bond donors (Lipinski definition) is 3. The molecule has 3 N–H and O–H groups in total. The van der Waals surface area contributed by atoms with E-state index in [4.69, 9.17) is 4.42 Å². The van der Waals surface area contributed by atoms with Gasteiger partial charge in [-0.25, -0.2) is 4.79 Å². The fourth-order valence-corrected chi connectivity index (χ4v) is 7.75. The van der Waals surface area contributed by atoms with Crippen LogP contribution in [-0.4, -0.2) is 31.1 Å². The number of carbonyl (C=O) groups is 1. The Labute approximate surface area is 326 Å². The number of pyridine rings is 2. The van der Waals surface area contributed by atoms with Gasteiger partial charge in [0.05, 0.1) is 22.5 Å². The second-order valence-corrected chi connectivity index (χ2v) is 14.8. The van der Waals surface area contributed by atoms with Crippen molar-refractivity contribution in [2.75, 3.05) is 5.32 Å². The van der Waals surface area contributed by atoms with Crippen molar-refractivity contribution in [3.05, 3.63) is 162 Å². The summed E-state index contributed by atoms with van der Waals surface area (Å²) >= 11 is 0. The molecule has 0 saturated heterocycles. The number of phenolic OH excluding ortho intramolecular Hbond substituents is 1. The van der Waals surface area contributed by atoms with Gasteiger partial charge in [-0.05, 0) is 130 Å². The van der Waals surface area contributed by atoms with E-state index in [2.05, 4.69) is 33.2 Å². The van der Waals surface area contributed by atoms with Gasteiger partial charge < -0.3 is 19.9 Å². The van der Waals surface area contributed by atoms with Gasteiger partial charge in [0.25, 0.3) is 0 Å². The third-order valence-corrected chi connectivity index (χ3v) is 11.1. The topological polar surface area (TPSA) is 129 Å². The average Bonchev–Trinajstić information content (AvgIpc) is 3.17. The van der Waals surface area contributed by atoms with Crippen LogP contribution in [0.4, 0.5) is 5.69 Å². The summed E-state index contributed by atoms with van der Waals surface area (Å²) in [6.45, 7) is 15.4. The number of aryl methyl sites for hydroxylation is 3. The Bertz CT molecular complexity index is 2610. The summed E-state index contributed by atoms with van der Waals surface area (Å²) < 4.78 is 6.60. The number of phenols is 1. The molecule has 0 bridgehead atoms. The molecule has 1 aliphatic carbocycles. The molecule has 2 aliphatic rings. The maximum atomic E-state index is 13.1. The first-order valence-electron chi connectivity index (χ1n) is 18.7. The van der Waals surface area contributed by atoms with E-state index in [0.717, 1.165) is 44.9 Å². The Morgan fingerprint density at radius 1 is 0.750 bits per heavy atom. The molecule has 9 nitrogen and oxygen atoms in total. The van der Waals surface area contributed by atoms with Crippen molar-refractivity contribution in [2.24, 2.45) is 0 Å². The van der Waals surface area contributed by atoms with Crippen LogP contribution < -0.4 is 10.7 Å². The Kier molecular flexibility index (Phi) is 10.5. The van der Waals surface area contributed by atoms with Crippen molar-refractivity contribution in [3.8, 4) is 28.2 Å². The van der Waals surface area contributed by atoms with E-state index in [1.165, 1.54) is 6.07 Å². The lowest BCUT2D eigenvalue weighted by molar-refractivity contribution is 0.0696. The number of aromatic carboxylic acids is 1. The number of aromatic nitrogens is 2. The number of fused-ring (bicyclic) bond motifs is 2. The average molecular weight is 747 g/mol. The monoisotopic (exact) mass is 746 g/mol. The number of carboxylic acid groups (broad SMARTS) is 1. The van der Waals surface area contributed by atoms with Gasteiger partial charge >= 0.3 is 5.97 Å². The van der Waals surface area contributed by atoms with Crippen LogP contribution in [-0.2, 0) is 26.2 Å². The summed E-state index contributed by atoms with van der Waals surface area (Å²) in [4.78, 5) is 37.6. The van der Waals surface area contributed by atoms with Crippen LogP contribution in [0.3, 0.4) is 0 Å². The van der Waals surface area contributed by atoms with Crippen LogP contribution in [0.25, 0.3) is 33.4 Å². The van der Waals surface area contributed by atoms with Crippen LogP contribution in [0, 0.1) is 48.5 Å². The van der Waals surface area contributed by atoms with Gasteiger partial charge in [-0.15, -0.1) is 0 Å². The van der Waals surface area contributed by atoms with Gasteiger partial charge in [0.2, 0.25) is 0 Å². The Morgan fingerprint density at radius 2 is 1.41 bits per heavy atom. The molecule has 5 aromatic rings. The zero-order valence-corrected chi connectivity index (χ0v) is 32.9. The van der Waals surface area contributed by atoms with Gasteiger partial charge in [-0.1, -0.05) is 29.8 Å². The fraction of sp³-hybridized carbons (Fsp3) is 0.234. The minimum Gasteiger partial charge on any atom is -0.507 e. The van der Waals surface area contributed by atoms with Crippen LogP contribution in [0.1, 0.15) is 71.8 Å². The number of nitrogens with zero attached hydrogens (tertiary/aromatic N) is 3. The quantitative estimate of drug-likeness (QED) is 0.111. The van der Waals surface area contributed by atoms with Crippen LogP contribution >= 0.6 is 0 Å². The first kappa shape index (κ1) is 38.0. The maximum absolute atomic E-state index is 13.1. The maximum Gasteiger partial charge on any atom is 0.336 e. The largest absolute Gasteiger partial charge is 0.507 e. The third kappa shape index (κ3) is 7.25. The Hall–Kier alpha value is -6.32. The number of carboxylic acids is 1. The van der Waals surface area contributed by atoms with Crippen molar-refractivity contribution in [1.29, 1.82) is 0 Å². The minimum atomic E-state index is -1.03. The lowest BCUT2D eigenvalue weighted by Gasteiger charge is -2.25. The minimum absolute atomic E-state index is 0.0561. The molecule has 0 saturated carbocycles. The zero-order chi connectivity index (χ0) is 39.8. The SMILES string of the molecule is Cc1ccc(NCc2c(O)c(C)cc3c(-c4c(C)c(C)c(C)c(C)c4C(=O)O)c4cc(C)c(=O)cc-4oc23)c(CN(Cc2ccccn2)Cc2ccccn2)c1. The molecular formula is C47H46N4O5. The molecule has 9 heteroatoms. The van der Waals surface area contributed by atoms with Gasteiger partial charge in [0.15, 0.2) is 5.43 Å². The molecule has 0 spiro atoms. The number of hydrogen-bond acceptors (Lipinski definition) is 8. The summed E-state index contributed by atoms with van der Waals surface area (Å²) in [5, 5.41) is 26.7. The summed E-state index contributed by atoms with van der Waals surface area (Å²) in [5.74, 6) is -0.664.